The minimum Gasteiger partial charge on any atom is -0.478 e. The van der Waals surface area contributed by atoms with Crippen molar-refractivity contribution in [1.29, 1.82) is 0 Å². The fourth-order valence-corrected chi connectivity index (χ4v) is 2.31. The molecule has 2 rings (SSSR count). The van der Waals surface area contributed by atoms with Gasteiger partial charge in [-0.2, -0.15) is 0 Å². The first-order valence-electron chi connectivity index (χ1n) is 7.06. The van der Waals surface area contributed by atoms with Gasteiger partial charge in [0.05, 0.1) is 16.6 Å². The van der Waals surface area contributed by atoms with Gasteiger partial charge in [0.15, 0.2) is 0 Å². The van der Waals surface area contributed by atoms with Gasteiger partial charge in [-0.25, -0.2) is 9.78 Å². The van der Waals surface area contributed by atoms with Crippen LogP contribution in [0.2, 0.25) is 0 Å². The molecule has 0 unspecified atom stereocenters. The highest BCUT2D eigenvalue weighted by Crippen LogP contribution is 2.21. The number of fused-ring (bicyclic) bond motifs is 1. The van der Waals surface area contributed by atoms with Gasteiger partial charge >= 0.3 is 5.97 Å². The van der Waals surface area contributed by atoms with Crippen LogP contribution in [0.3, 0.4) is 0 Å². The minimum absolute atomic E-state index is 0.0873. The number of carboxylic acids is 1. The van der Waals surface area contributed by atoms with Crippen LogP contribution in [0.5, 0.6) is 0 Å². The number of nitrogens with one attached hydrogen (secondary N) is 1. The number of benzene rings is 1. The first-order chi connectivity index (χ1) is 10.1. The van der Waals surface area contributed by atoms with Crippen LogP contribution in [0.4, 0.5) is 0 Å². The van der Waals surface area contributed by atoms with Crippen LogP contribution in [-0.4, -0.2) is 33.1 Å². The molecule has 2 N–H and O–H groups in total. The summed E-state index contributed by atoms with van der Waals surface area (Å²) in [6.45, 7) is 4.61. The van der Waals surface area contributed by atoms with Crippen LogP contribution in [0.25, 0.3) is 11.0 Å². The average Bonchev–Trinajstić information content (AvgIpc) is 2.82. The SMILES string of the molecule is CCCNC(=O)Cn1c(CC)nc2cccc(C(=O)O)c21. The lowest BCUT2D eigenvalue weighted by molar-refractivity contribution is -0.121. The third-order valence-electron chi connectivity index (χ3n) is 3.27. The Morgan fingerprint density at radius 3 is 2.71 bits per heavy atom. The second-order valence-electron chi connectivity index (χ2n) is 4.80. The molecule has 0 aliphatic carbocycles. The number of aryl methyl sites for hydroxylation is 1. The lowest BCUT2D eigenvalue weighted by Gasteiger charge is -2.10. The molecule has 0 bridgehead atoms. The highest BCUT2D eigenvalue weighted by Gasteiger charge is 2.18. The molecule has 1 aromatic heterocycles. The molecule has 0 radical (unpaired) electrons. The van der Waals surface area contributed by atoms with Gasteiger partial charge in [-0.1, -0.05) is 19.9 Å². The molecule has 1 amide bonds. The average molecular weight is 289 g/mol. The topological polar surface area (TPSA) is 84.2 Å². The molecule has 0 saturated carbocycles. The molecule has 0 saturated heterocycles. The van der Waals surface area contributed by atoms with Crippen molar-refractivity contribution in [3.05, 3.63) is 29.6 Å². The van der Waals surface area contributed by atoms with Crippen molar-refractivity contribution < 1.29 is 14.7 Å². The van der Waals surface area contributed by atoms with Crippen molar-refractivity contribution >= 4 is 22.9 Å². The summed E-state index contributed by atoms with van der Waals surface area (Å²) in [6, 6.07) is 4.97. The molecule has 0 fully saturated rings. The van der Waals surface area contributed by atoms with E-state index >= 15 is 0 Å². The second kappa shape index (κ2) is 6.39. The Morgan fingerprint density at radius 1 is 1.33 bits per heavy atom. The van der Waals surface area contributed by atoms with Gasteiger partial charge in [0.1, 0.15) is 12.4 Å². The standard InChI is InChI=1S/C15H19N3O3/c1-3-8-16-13(19)9-18-12(4-2)17-11-7-5-6-10(14(11)18)15(20)21/h5-7H,3-4,8-9H2,1-2H3,(H,16,19)(H,20,21). The smallest absolute Gasteiger partial charge is 0.337 e. The zero-order valence-electron chi connectivity index (χ0n) is 12.2. The number of para-hydroxylation sites is 1. The molecule has 0 aliphatic heterocycles. The number of aromatic carboxylic acids is 1. The maximum Gasteiger partial charge on any atom is 0.337 e. The van der Waals surface area contributed by atoms with Gasteiger partial charge in [0.25, 0.3) is 0 Å². The highest BCUT2D eigenvalue weighted by molar-refractivity contribution is 6.01. The monoisotopic (exact) mass is 289 g/mol. The molecule has 112 valence electrons. The predicted octanol–water partition coefficient (Wildman–Crippen LogP) is 1.82. The largest absolute Gasteiger partial charge is 0.478 e. The normalized spacial score (nSPS) is 10.8. The number of hydrogen-bond acceptors (Lipinski definition) is 3. The van der Waals surface area contributed by atoms with E-state index < -0.39 is 5.97 Å². The molecule has 21 heavy (non-hydrogen) atoms. The Balaban J connectivity index is 2.49. The molecule has 6 nitrogen and oxygen atoms in total. The molecule has 6 heteroatoms. The van der Waals surface area contributed by atoms with Crippen LogP contribution in [0.15, 0.2) is 18.2 Å². The highest BCUT2D eigenvalue weighted by atomic mass is 16.4. The number of carboxylic acid groups (broad SMARTS) is 1. The zero-order chi connectivity index (χ0) is 15.4. The summed E-state index contributed by atoms with van der Waals surface area (Å²) < 4.78 is 1.70. The fourth-order valence-electron chi connectivity index (χ4n) is 2.31. The van der Waals surface area contributed by atoms with Gasteiger partial charge in [0.2, 0.25) is 5.91 Å². The Labute approximate surface area is 122 Å². The number of carbonyl (C=O) groups is 2. The van der Waals surface area contributed by atoms with E-state index in [1.807, 2.05) is 13.8 Å². The summed E-state index contributed by atoms with van der Waals surface area (Å²) in [6.07, 6.45) is 1.49. The summed E-state index contributed by atoms with van der Waals surface area (Å²) in [5.41, 5.74) is 1.28. The summed E-state index contributed by atoms with van der Waals surface area (Å²) in [7, 11) is 0. The third kappa shape index (κ3) is 3.04. The molecule has 1 heterocycles. The van der Waals surface area contributed by atoms with Crippen LogP contribution in [0.1, 0.15) is 36.5 Å². The predicted molar refractivity (Wildman–Crippen MR) is 79.4 cm³/mol. The van der Waals surface area contributed by atoms with Crippen molar-refractivity contribution in [3.8, 4) is 0 Å². The maximum absolute atomic E-state index is 12.0. The van der Waals surface area contributed by atoms with E-state index in [2.05, 4.69) is 10.3 Å². The number of rotatable bonds is 6. The van der Waals surface area contributed by atoms with Crippen LogP contribution >= 0.6 is 0 Å². The summed E-state index contributed by atoms with van der Waals surface area (Å²) in [5.74, 6) is -0.435. The third-order valence-corrected chi connectivity index (χ3v) is 3.27. The summed E-state index contributed by atoms with van der Waals surface area (Å²) in [5, 5.41) is 12.1. The fraction of sp³-hybridized carbons (Fsp3) is 0.400. The van der Waals surface area contributed by atoms with Crippen molar-refractivity contribution in [2.75, 3.05) is 6.54 Å². The molecular weight excluding hydrogens is 270 g/mol. The second-order valence-corrected chi connectivity index (χ2v) is 4.80. The number of carbonyl (C=O) groups excluding carboxylic acids is 1. The van der Waals surface area contributed by atoms with Gasteiger partial charge in [-0.15, -0.1) is 0 Å². The number of nitrogens with zero attached hydrogens (tertiary/aromatic N) is 2. The maximum atomic E-state index is 12.0. The molecule has 0 spiro atoms. The van der Waals surface area contributed by atoms with E-state index in [1.165, 1.54) is 6.07 Å². The van der Waals surface area contributed by atoms with Crippen LogP contribution in [-0.2, 0) is 17.8 Å². The van der Waals surface area contributed by atoms with Gasteiger partial charge in [-0.3, -0.25) is 4.79 Å². The van der Waals surface area contributed by atoms with Crippen molar-refractivity contribution in [1.82, 2.24) is 14.9 Å². The van der Waals surface area contributed by atoms with Gasteiger partial charge in [-0.05, 0) is 18.6 Å². The molecule has 0 aliphatic rings. The van der Waals surface area contributed by atoms with E-state index in [4.69, 9.17) is 0 Å². The number of amides is 1. The lowest BCUT2D eigenvalue weighted by Crippen LogP contribution is -2.28. The first-order valence-corrected chi connectivity index (χ1v) is 7.06. The van der Waals surface area contributed by atoms with E-state index in [9.17, 15) is 14.7 Å². The molecule has 0 atom stereocenters. The zero-order valence-corrected chi connectivity index (χ0v) is 12.2. The number of imidazole rings is 1. The van der Waals surface area contributed by atoms with Crippen molar-refractivity contribution in [2.45, 2.75) is 33.2 Å². The Hall–Kier alpha value is -2.37. The van der Waals surface area contributed by atoms with Gasteiger partial charge in [0, 0.05) is 13.0 Å². The Morgan fingerprint density at radius 2 is 2.10 bits per heavy atom. The number of aromatic nitrogens is 2. The van der Waals surface area contributed by atoms with Crippen LogP contribution < -0.4 is 5.32 Å². The molecular formula is C15H19N3O3. The van der Waals surface area contributed by atoms with Crippen molar-refractivity contribution in [2.24, 2.45) is 0 Å². The van der Waals surface area contributed by atoms with Crippen LogP contribution in [0, 0.1) is 0 Å². The summed E-state index contributed by atoms with van der Waals surface area (Å²) in [4.78, 5) is 27.8. The summed E-state index contributed by atoms with van der Waals surface area (Å²) >= 11 is 0. The first kappa shape index (κ1) is 15.0. The van der Waals surface area contributed by atoms with E-state index in [-0.39, 0.29) is 18.0 Å². The number of hydrogen-bond donors (Lipinski definition) is 2. The quantitative estimate of drug-likeness (QED) is 0.849. The van der Waals surface area contributed by atoms with E-state index in [0.29, 0.717) is 29.8 Å². The molecule has 2 aromatic rings. The molecule has 1 aromatic carbocycles. The minimum atomic E-state index is -1.02. The van der Waals surface area contributed by atoms with E-state index in [0.717, 1.165) is 6.42 Å². The lowest BCUT2D eigenvalue weighted by atomic mass is 10.2. The van der Waals surface area contributed by atoms with E-state index in [1.54, 1.807) is 16.7 Å². The van der Waals surface area contributed by atoms with Gasteiger partial charge < -0.3 is 15.0 Å². The Bertz CT molecular complexity index is 676. The Kier molecular flexibility index (Phi) is 4.57. The van der Waals surface area contributed by atoms with Crippen molar-refractivity contribution in [3.63, 3.8) is 0 Å².